The van der Waals surface area contributed by atoms with Crippen LogP contribution in [0, 0.1) is 20.8 Å². The molecule has 0 atom stereocenters. The van der Waals surface area contributed by atoms with Crippen molar-refractivity contribution < 1.29 is 17.7 Å². The van der Waals surface area contributed by atoms with Crippen LogP contribution < -0.4 is 0 Å². The van der Waals surface area contributed by atoms with Crippen LogP contribution in [0.4, 0.5) is 0 Å². The van der Waals surface area contributed by atoms with Crippen LogP contribution in [0.5, 0.6) is 0 Å². The smallest absolute Gasteiger partial charge is 0.271 e. The van der Waals surface area contributed by atoms with Crippen molar-refractivity contribution in [2.24, 2.45) is 0 Å². The number of amides is 1. The van der Waals surface area contributed by atoms with Gasteiger partial charge in [0.2, 0.25) is 0 Å². The highest BCUT2D eigenvalue weighted by Crippen LogP contribution is 2.22. The van der Waals surface area contributed by atoms with E-state index >= 15 is 0 Å². The molecule has 0 spiro atoms. The molecule has 2 aromatic heterocycles. The maximum atomic E-state index is 12.4. The first kappa shape index (κ1) is 16.4. The monoisotopic (exact) mass is 341 g/mol. The average molecular weight is 341 g/mol. The molecule has 0 aliphatic heterocycles. The van der Waals surface area contributed by atoms with Gasteiger partial charge in [0.25, 0.3) is 15.9 Å². The number of hydrogen-bond donors (Lipinski definition) is 0. The molecule has 0 radical (unpaired) electrons. The van der Waals surface area contributed by atoms with Gasteiger partial charge in [-0.1, -0.05) is 5.16 Å². The highest BCUT2D eigenvalue weighted by atomic mass is 32.2. The number of aryl methyl sites for hydroxylation is 3. The first-order chi connectivity index (χ1) is 10.2. The zero-order chi connectivity index (χ0) is 16.5. The molecule has 0 saturated carbocycles. The third-order valence-electron chi connectivity index (χ3n) is 2.93. The van der Waals surface area contributed by atoms with Crippen LogP contribution in [0.1, 0.15) is 22.2 Å². The average Bonchev–Trinajstić information content (AvgIpc) is 3.01. The lowest BCUT2D eigenvalue weighted by Crippen LogP contribution is -2.32. The van der Waals surface area contributed by atoms with Crippen molar-refractivity contribution in [3.05, 3.63) is 33.6 Å². The SMILES string of the molecule is Cc1nc(/C=C/C(=O)N(C)S(=O)(=O)c2c(C)noc2C)cs1. The molecule has 7 nitrogen and oxygen atoms in total. The summed E-state index contributed by atoms with van der Waals surface area (Å²) in [5, 5.41) is 6.25. The third kappa shape index (κ3) is 3.09. The van der Waals surface area contributed by atoms with E-state index in [4.69, 9.17) is 4.52 Å². The van der Waals surface area contributed by atoms with Crippen LogP contribution >= 0.6 is 11.3 Å². The molecular weight excluding hydrogens is 326 g/mol. The van der Waals surface area contributed by atoms with E-state index in [1.807, 2.05) is 6.92 Å². The molecule has 0 fully saturated rings. The van der Waals surface area contributed by atoms with Crippen molar-refractivity contribution in [2.75, 3.05) is 7.05 Å². The summed E-state index contributed by atoms with van der Waals surface area (Å²) in [6.07, 6.45) is 2.65. The summed E-state index contributed by atoms with van der Waals surface area (Å²) in [6, 6.07) is 0. The number of aromatic nitrogens is 2. The molecular formula is C13H15N3O4S2. The number of nitrogens with zero attached hydrogens (tertiary/aromatic N) is 3. The van der Waals surface area contributed by atoms with Gasteiger partial charge in [-0.3, -0.25) is 4.79 Å². The van der Waals surface area contributed by atoms with Gasteiger partial charge in [-0.05, 0) is 26.8 Å². The Hall–Kier alpha value is -2.00. The minimum Gasteiger partial charge on any atom is -0.360 e. The molecule has 0 aromatic carbocycles. The Labute approximate surface area is 132 Å². The summed E-state index contributed by atoms with van der Waals surface area (Å²) >= 11 is 1.45. The van der Waals surface area contributed by atoms with Crippen LogP contribution in [0.15, 0.2) is 20.9 Å². The molecule has 0 bridgehead atoms. The standard InChI is InChI=1S/C13H15N3O4S2/c1-8-13(9(2)20-15-8)22(18,19)16(4)12(17)6-5-11-7-21-10(3)14-11/h5-7H,1-4H3/b6-5+. The fourth-order valence-electron chi connectivity index (χ4n) is 1.82. The summed E-state index contributed by atoms with van der Waals surface area (Å²) in [4.78, 5) is 16.2. The maximum absolute atomic E-state index is 12.4. The number of rotatable bonds is 4. The van der Waals surface area contributed by atoms with Gasteiger partial charge < -0.3 is 4.52 Å². The fourth-order valence-corrected chi connectivity index (χ4v) is 3.78. The van der Waals surface area contributed by atoms with Gasteiger partial charge >= 0.3 is 0 Å². The topological polar surface area (TPSA) is 93.4 Å². The van der Waals surface area contributed by atoms with Gasteiger partial charge in [-0.15, -0.1) is 11.3 Å². The quantitative estimate of drug-likeness (QED) is 0.789. The Morgan fingerprint density at radius 3 is 2.55 bits per heavy atom. The molecule has 0 unspecified atom stereocenters. The van der Waals surface area contributed by atoms with Crippen LogP contribution in [0.25, 0.3) is 6.08 Å². The Kier molecular flexibility index (Phi) is 4.47. The van der Waals surface area contributed by atoms with Crippen LogP contribution in [-0.4, -0.2) is 35.8 Å². The molecule has 22 heavy (non-hydrogen) atoms. The minimum absolute atomic E-state index is 0.0822. The zero-order valence-corrected chi connectivity index (χ0v) is 14.2. The van der Waals surface area contributed by atoms with Crippen molar-refractivity contribution >= 4 is 33.3 Å². The van der Waals surface area contributed by atoms with E-state index in [2.05, 4.69) is 10.1 Å². The molecule has 1 amide bonds. The van der Waals surface area contributed by atoms with Crippen LogP contribution in [-0.2, 0) is 14.8 Å². The lowest BCUT2D eigenvalue weighted by Gasteiger charge is -2.15. The summed E-state index contributed by atoms with van der Waals surface area (Å²) < 4.78 is 30.4. The van der Waals surface area contributed by atoms with E-state index in [0.29, 0.717) is 10.00 Å². The first-order valence-corrected chi connectivity index (χ1v) is 8.61. The number of likely N-dealkylation sites (N-methyl/N-ethyl adjacent to an activating group) is 1. The molecule has 9 heteroatoms. The second kappa shape index (κ2) is 6.01. The van der Waals surface area contributed by atoms with Crippen molar-refractivity contribution in [1.29, 1.82) is 0 Å². The second-order valence-corrected chi connectivity index (χ2v) is 7.56. The van der Waals surface area contributed by atoms with Gasteiger partial charge in [0.1, 0.15) is 5.69 Å². The summed E-state index contributed by atoms with van der Waals surface area (Å²) in [5.41, 5.74) is 0.829. The Bertz CT molecular complexity index is 814. The summed E-state index contributed by atoms with van der Waals surface area (Å²) in [7, 11) is -2.80. The predicted octanol–water partition coefficient (Wildman–Crippen LogP) is 1.92. The first-order valence-electron chi connectivity index (χ1n) is 6.29. The summed E-state index contributed by atoms with van der Waals surface area (Å²) in [6.45, 7) is 4.84. The lowest BCUT2D eigenvalue weighted by atomic mass is 10.4. The number of sulfonamides is 1. The zero-order valence-electron chi connectivity index (χ0n) is 12.5. The van der Waals surface area contributed by atoms with Crippen molar-refractivity contribution in [1.82, 2.24) is 14.4 Å². The Balaban J connectivity index is 2.25. The number of carbonyl (C=O) groups is 1. The summed E-state index contributed by atoms with van der Waals surface area (Å²) in [5.74, 6) is -0.526. The van der Waals surface area contributed by atoms with Gasteiger partial charge in [-0.25, -0.2) is 17.7 Å². The second-order valence-electron chi connectivity index (χ2n) is 4.59. The Morgan fingerprint density at radius 1 is 1.36 bits per heavy atom. The number of thiazole rings is 1. The molecule has 0 N–H and O–H groups in total. The van der Waals surface area contributed by atoms with Crippen molar-refractivity contribution in [3.63, 3.8) is 0 Å². The van der Waals surface area contributed by atoms with Gasteiger partial charge in [0.05, 0.1) is 10.7 Å². The fraction of sp³-hybridized carbons (Fsp3) is 0.308. The highest BCUT2D eigenvalue weighted by molar-refractivity contribution is 7.89. The van der Waals surface area contributed by atoms with Gasteiger partial charge in [0.15, 0.2) is 10.7 Å². The van der Waals surface area contributed by atoms with E-state index in [1.165, 1.54) is 44.4 Å². The number of hydrogen-bond acceptors (Lipinski definition) is 7. The molecule has 2 aromatic rings. The van der Waals surface area contributed by atoms with E-state index < -0.39 is 15.9 Å². The molecule has 0 aliphatic rings. The van der Waals surface area contributed by atoms with Crippen LogP contribution in [0.3, 0.4) is 0 Å². The van der Waals surface area contributed by atoms with Crippen LogP contribution in [0.2, 0.25) is 0 Å². The molecule has 118 valence electrons. The molecule has 2 rings (SSSR count). The van der Waals surface area contributed by atoms with E-state index in [9.17, 15) is 13.2 Å². The third-order valence-corrected chi connectivity index (χ3v) is 5.72. The Morgan fingerprint density at radius 2 is 2.05 bits per heavy atom. The van der Waals surface area contributed by atoms with Gasteiger partial charge in [0, 0.05) is 18.5 Å². The highest BCUT2D eigenvalue weighted by Gasteiger charge is 2.30. The predicted molar refractivity (Wildman–Crippen MR) is 81.8 cm³/mol. The largest absolute Gasteiger partial charge is 0.360 e. The number of carbonyl (C=O) groups excluding carboxylic acids is 1. The maximum Gasteiger partial charge on any atom is 0.271 e. The molecule has 0 aliphatic carbocycles. The van der Waals surface area contributed by atoms with E-state index in [0.717, 1.165) is 5.01 Å². The van der Waals surface area contributed by atoms with E-state index in [-0.39, 0.29) is 16.3 Å². The van der Waals surface area contributed by atoms with Gasteiger partial charge in [-0.2, -0.15) is 0 Å². The lowest BCUT2D eigenvalue weighted by molar-refractivity contribution is -0.120. The van der Waals surface area contributed by atoms with E-state index in [1.54, 1.807) is 5.38 Å². The molecule has 0 saturated heterocycles. The van der Waals surface area contributed by atoms with Crippen molar-refractivity contribution in [2.45, 2.75) is 25.7 Å². The molecule has 2 heterocycles. The normalized spacial score (nSPS) is 12.0. The minimum atomic E-state index is -4.00. The van der Waals surface area contributed by atoms with Crippen molar-refractivity contribution in [3.8, 4) is 0 Å².